The molecule has 2 amide bonds. The number of benzene rings is 2. The number of aliphatic hydroxyl groups is 1. The summed E-state index contributed by atoms with van der Waals surface area (Å²) in [5.41, 5.74) is -2.86. The van der Waals surface area contributed by atoms with E-state index in [1.54, 1.807) is 55.5 Å². The zero-order valence-corrected chi connectivity index (χ0v) is 14.9. The largest absolute Gasteiger partial charge is 0.360 e. The van der Waals surface area contributed by atoms with Gasteiger partial charge in [0.2, 0.25) is 5.91 Å². The van der Waals surface area contributed by atoms with Gasteiger partial charge in [0.05, 0.1) is 11.4 Å². The average Bonchev–Trinajstić information content (AvgIpc) is 2.93. The van der Waals surface area contributed by atoms with E-state index in [9.17, 15) is 19.9 Å². The molecule has 0 bridgehead atoms. The molecule has 0 aromatic heterocycles. The first-order chi connectivity index (χ1) is 11.9. The van der Waals surface area contributed by atoms with Gasteiger partial charge in [0, 0.05) is 4.47 Å². The van der Waals surface area contributed by atoms with Crippen LogP contribution in [0.15, 0.2) is 53.0 Å². The molecule has 0 aliphatic carbocycles. The summed E-state index contributed by atoms with van der Waals surface area (Å²) < 4.78 is 0.800. The van der Waals surface area contributed by atoms with Gasteiger partial charge in [0.25, 0.3) is 11.6 Å². The number of hydrogen-bond donors (Lipinski definition) is 2. The van der Waals surface area contributed by atoms with Crippen LogP contribution in [0.1, 0.15) is 18.9 Å². The lowest BCUT2D eigenvalue weighted by Gasteiger charge is -2.33. The third-order valence-corrected chi connectivity index (χ3v) is 5.71. The highest BCUT2D eigenvalue weighted by Gasteiger charge is 2.76. The Labute approximate surface area is 152 Å². The second-order valence-corrected chi connectivity index (χ2v) is 7.10. The molecule has 128 valence electrons. The fraction of sp³-hybridized carbons (Fsp3) is 0.222. The summed E-state index contributed by atoms with van der Waals surface area (Å²) in [6.45, 7) is 1.72. The number of para-hydroxylation sites is 1. The molecule has 25 heavy (non-hydrogen) atoms. The summed E-state index contributed by atoms with van der Waals surface area (Å²) >= 11 is 3.31. The fourth-order valence-corrected chi connectivity index (χ4v) is 4.22. The molecule has 2 heterocycles. The maximum absolute atomic E-state index is 13.3. The summed E-state index contributed by atoms with van der Waals surface area (Å²) in [7, 11) is 0. The number of hydroxylamine groups is 1. The van der Waals surface area contributed by atoms with Gasteiger partial charge in [-0.25, -0.2) is 9.96 Å². The Balaban J connectivity index is 1.97. The Bertz CT molecular complexity index is 900. The third-order valence-electron chi connectivity index (χ3n) is 5.18. The summed E-state index contributed by atoms with van der Waals surface area (Å²) in [5, 5.41) is 22.4. The van der Waals surface area contributed by atoms with Crippen molar-refractivity contribution in [3.05, 3.63) is 58.6 Å². The lowest BCUT2D eigenvalue weighted by Crippen LogP contribution is -2.59. The summed E-state index contributed by atoms with van der Waals surface area (Å²) in [6, 6.07) is 13.3. The van der Waals surface area contributed by atoms with E-state index in [2.05, 4.69) is 15.9 Å². The topological polar surface area (TPSA) is 81.1 Å². The van der Waals surface area contributed by atoms with Crippen molar-refractivity contribution in [2.75, 3.05) is 9.96 Å². The Morgan fingerprint density at radius 3 is 2.32 bits per heavy atom. The summed E-state index contributed by atoms with van der Waals surface area (Å²) in [6.07, 6.45) is 0.162. The molecule has 2 aliphatic rings. The van der Waals surface area contributed by atoms with E-state index in [-0.39, 0.29) is 12.1 Å². The molecule has 1 saturated heterocycles. The normalized spacial score (nSPS) is 27.7. The second-order valence-electron chi connectivity index (χ2n) is 6.18. The smallest absolute Gasteiger partial charge is 0.290 e. The molecule has 0 unspecified atom stereocenters. The molecule has 2 N–H and O–H groups in total. The molecule has 0 radical (unpaired) electrons. The van der Waals surface area contributed by atoms with Crippen LogP contribution < -0.4 is 9.96 Å². The summed E-state index contributed by atoms with van der Waals surface area (Å²) in [4.78, 5) is 27.4. The first-order valence-corrected chi connectivity index (χ1v) is 8.64. The number of amides is 2. The SMILES string of the molecule is CC[C@]12C(=O)N(c3ccc(Br)cc3)C(=O)[C@@]1(O)N(O)c1ccccc12. The number of nitrogens with zero attached hydrogens (tertiary/aromatic N) is 2. The van der Waals surface area contributed by atoms with E-state index in [4.69, 9.17) is 0 Å². The zero-order valence-electron chi connectivity index (χ0n) is 13.3. The van der Waals surface area contributed by atoms with Crippen molar-refractivity contribution in [3.63, 3.8) is 0 Å². The van der Waals surface area contributed by atoms with Crippen LogP contribution in [0.2, 0.25) is 0 Å². The van der Waals surface area contributed by atoms with E-state index in [0.717, 1.165) is 9.37 Å². The highest BCUT2D eigenvalue weighted by molar-refractivity contribution is 9.10. The van der Waals surface area contributed by atoms with Gasteiger partial charge in [-0.15, -0.1) is 0 Å². The predicted octanol–water partition coefficient (Wildman–Crippen LogP) is 2.57. The van der Waals surface area contributed by atoms with Crippen molar-refractivity contribution < 1.29 is 19.9 Å². The van der Waals surface area contributed by atoms with Crippen molar-refractivity contribution in [3.8, 4) is 0 Å². The van der Waals surface area contributed by atoms with E-state index in [1.165, 1.54) is 0 Å². The lowest BCUT2D eigenvalue weighted by atomic mass is 9.73. The quantitative estimate of drug-likeness (QED) is 0.754. The number of carbonyl (C=O) groups is 2. The molecule has 2 aromatic rings. The molecule has 0 spiro atoms. The average molecular weight is 403 g/mol. The summed E-state index contributed by atoms with van der Waals surface area (Å²) in [5.74, 6) is -1.41. The third kappa shape index (κ3) is 1.70. The van der Waals surface area contributed by atoms with E-state index in [0.29, 0.717) is 16.3 Å². The number of hydrogen-bond acceptors (Lipinski definition) is 5. The molecule has 4 rings (SSSR count). The molecule has 6 nitrogen and oxygen atoms in total. The first-order valence-electron chi connectivity index (χ1n) is 7.85. The molecular formula is C18H15BrN2O4. The number of rotatable bonds is 2. The second kappa shape index (κ2) is 5.14. The molecule has 0 saturated carbocycles. The highest BCUT2D eigenvalue weighted by Crippen LogP contribution is 2.57. The zero-order chi connectivity index (χ0) is 18.0. The number of imide groups is 1. The van der Waals surface area contributed by atoms with Crippen molar-refractivity contribution in [1.29, 1.82) is 0 Å². The van der Waals surface area contributed by atoms with Crippen LogP contribution in [0, 0.1) is 0 Å². The van der Waals surface area contributed by atoms with Crippen LogP contribution in [0.5, 0.6) is 0 Å². The number of fused-ring (bicyclic) bond motifs is 3. The maximum Gasteiger partial charge on any atom is 0.290 e. The number of anilines is 2. The molecule has 2 aromatic carbocycles. The molecular weight excluding hydrogens is 388 g/mol. The van der Waals surface area contributed by atoms with Gasteiger partial charge < -0.3 is 5.11 Å². The van der Waals surface area contributed by atoms with Crippen LogP contribution in [0.3, 0.4) is 0 Å². The van der Waals surface area contributed by atoms with Gasteiger partial charge in [0.15, 0.2) is 0 Å². The van der Waals surface area contributed by atoms with Crippen molar-refractivity contribution in [2.45, 2.75) is 24.5 Å². The molecule has 2 atom stereocenters. The van der Waals surface area contributed by atoms with Gasteiger partial charge in [-0.2, -0.15) is 0 Å². The Morgan fingerprint density at radius 1 is 1.04 bits per heavy atom. The first kappa shape index (κ1) is 16.3. The van der Waals surface area contributed by atoms with Crippen molar-refractivity contribution >= 4 is 39.1 Å². The van der Waals surface area contributed by atoms with Crippen LogP contribution >= 0.6 is 15.9 Å². The van der Waals surface area contributed by atoms with E-state index in [1.807, 2.05) is 0 Å². The minimum Gasteiger partial charge on any atom is -0.360 e. The van der Waals surface area contributed by atoms with Crippen LogP contribution in [-0.2, 0) is 15.0 Å². The van der Waals surface area contributed by atoms with E-state index >= 15 is 0 Å². The monoisotopic (exact) mass is 402 g/mol. The van der Waals surface area contributed by atoms with E-state index < -0.39 is 23.0 Å². The molecule has 2 aliphatic heterocycles. The Kier molecular flexibility index (Phi) is 3.34. The van der Waals surface area contributed by atoms with Gasteiger partial charge >= 0.3 is 0 Å². The van der Waals surface area contributed by atoms with Gasteiger partial charge in [-0.1, -0.05) is 41.1 Å². The standard InChI is InChI=1S/C18H15BrN2O4/c1-2-17-13-5-3-4-6-14(13)21(25)18(17,24)16(23)20(15(17)22)12-9-7-11(19)8-10-12/h3-10,24-25H,2H2,1H3/t17-,18-/m0/s1. The van der Waals surface area contributed by atoms with Gasteiger partial charge in [0.1, 0.15) is 5.41 Å². The van der Waals surface area contributed by atoms with Gasteiger partial charge in [-0.05, 0) is 42.3 Å². The van der Waals surface area contributed by atoms with Crippen molar-refractivity contribution in [1.82, 2.24) is 0 Å². The Morgan fingerprint density at radius 2 is 1.68 bits per heavy atom. The van der Waals surface area contributed by atoms with Crippen LogP contribution in [0.25, 0.3) is 0 Å². The van der Waals surface area contributed by atoms with Gasteiger partial charge in [-0.3, -0.25) is 14.8 Å². The maximum atomic E-state index is 13.3. The minimum absolute atomic E-state index is 0.162. The van der Waals surface area contributed by atoms with Crippen molar-refractivity contribution in [2.24, 2.45) is 0 Å². The highest BCUT2D eigenvalue weighted by atomic mass is 79.9. The lowest BCUT2D eigenvalue weighted by molar-refractivity contribution is -0.147. The van der Waals surface area contributed by atoms with Crippen LogP contribution in [-0.4, -0.2) is 27.9 Å². The minimum atomic E-state index is -2.37. The Hall–Kier alpha value is -2.22. The van der Waals surface area contributed by atoms with Crippen LogP contribution in [0.4, 0.5) is 11.4 Å². The number of carbonyl (C=O) groups excluding carboxylic acids is 2. The predicted molar refractivity (Wildman–Crippen MR) is 94.3 cm³/mol. The number of halogens is 1. The fourth-order valence-electron chi connectivity index (χ4n) is 3.95. The molecule has 7 heteroatoms. The molecule has 1 fully saturated rings.